The lowest BCUT2D eigenvalue weighted by Crippen LogP contribution is -2.44. The number of nitrogens with zero attached hydrogens (tertiary/aromatic N) is 1. The van der Waals surface area contributed by atoms with Crippen LogP contribution in [0.5, 0.6) is 0 Å². The van der Waals surface area contributed by atoms with Crippen LogP contribution in [0.1, 0.15) is 27.2 Å². The minimum absolute atomic E-state index is 0.0133. The van der Waals surface area contributed by atoms with E-state index in [9.17, 15) is 9.59 Å². The van der Waals surface area contributed by atoms with Gasteiger partial charge in [-0.25, -0.2) is 4.79 Å². The Morgan fingerprint density at radius 2 is 1.79 bits per heavy atom. The highest BCUT2D eigenvalue weighted by Crippen LogP contribution is 2.13. The highest BCUT2D eigenvalue weighted by atomic mass is 16.2. The maximum atomic E-state index is 12.1. The first-order valence-electron chi connectivity index (χ1n) is 6.51. The van der Waals surface area contributed by atoms with Gasteiger partial charge in [0.15, 0.2) is 5.78 Å². The standard InChI is InChI=1S/C15H22N2O2/c1-11(2)10-14(12(3)18)17(4)15(19)16-13-8-6-5-7-9-13/h5-9,11,14H,10H2,1-4H3,(H,16,19)/t14-/m1/s1. The fraction of sp³-hybridized carbons (Fsp3) is 0.467. The highest BCUT2D eigenvalue weighted by molar-refractivity contribution is 5.93. The molecule has 0 saturated heterocycles. The van der Waals surface area contributed by atoms with Gasteiger partial charge in [-0.2, -0.15) is 0 Å². The van der Waals surface area contributed by atoms with Crippen molar-refractivity contribution >= 4 is 17.5 Å². The molecule has 2 amide bonds. The molecule has 0 aliphatic heterocycles. The van der Waals surface area contributed by atoms with Gasteiger partial charge in [0, 0.05) is 12.7 Å². The smallest absolute Gasteiger partial charge is 0.318 e. The van der Waals surface area contributed by atoms with Gasteiger partial charge >= 0.3 is 6.03 Å². The third-order valence-corrected chi connectivity index (χ3v) is 2.98. The zero-order chi connectivity index (χ0) is 14.4. The second-order valence-corrected chi connectivity index (χ2v) is 5.16. The Kier molecular flexibility index (Phi) is 5.55. The molecule has 0 aliphatic rings. The van der Waals surface area contributed by atoms with Gasteiger partial charge in [-0.1, -0.05) is 32.0 Å². The lowest BCUT2D eigenvalue weighted by atomic mass is 10.00. The Balaban J connectivity index is 2.71. The van der Waals surface area contributed by atoms with E-state index in [1.807, 2.05) is 44.2 Å². The van der Waals surface area contributed by atoms with Gasteiger partial charge < -0.3 is 10.2 Å². The maximum absolute atomic E-state index is 12.1. The molecule has 1 N–H and O–H groups in total. The van der Waals surface area contributed by atoms with Gasteiger partial charge in [0.05, 0.1) is 6.04 Å². The van der Waals surface area contributed by atoms with E-state index >= 15 is 0 Å². The zero-order valence-electron chi connectivity index (χ0n) is 12.0. The summed E-state index contributed by atoms with van der Waals surface area (Å²) in [5.41, 5.74) is 0.728. The second kappa shape index (κ2) is 6.92. The largest absolute Gasteiger partial charge is 0.322 e. The maximum Gasteiger partial charge on any atom is 0.322 e. The van der Waals surface area contributed by atoms with Crippen molar-refractivity contribution in [3.63, 3.8) is 0 Å². The summed E-state index contributed by atoms with van der Waals surface area (Å²) in [6.45, 7) is 5.61. The Morgan fingerprint density at radius 1 is 1.21 bits per heavy atom. The predicted octanol–water partition coefficient (Wildman–Crippen LogP) is 3.15. The van der Waals surface area contributed by atoms with Crippen LogP contribution in [0.15, 0.2) is 30.3 Å². The van der Waals surface area contributed by atoms with E-state index in [4.69, 9.17) is 0 Å². The molecule has 0 spiro atoms. The van der Waals surface area contributed by atoms with Crippen molar-refractivity contribution in [2.24, 2.45) is 5.92 Å². The van der Waals surface area contributed by atoms with E-state index in [-0.39, 0.29) is 17.9 Å². The Labute approximate surface area is 114 Å². The van der Waals surface area contributed by atoms with Gasteiger partial charge in [0.2, 0.25) is 0 Å². The number of anilines is 1. The lowest BCUT2D eigenvalue weighted by Gasteiger charge is -2.27. The number of rotatable bonds is 5. The van der Waals surface area contributed by atoms with Crippen molar-refractivity contribution in [1.29, 1.82) is 0 Å². The van der Waals surface area contributed by atoms with Crippen molar-refractivity contribution in [1.82, 2.24) is 4.90 Å². The van der Waals surface area contributed by atoms with Crippen molar-refractivity contribution in [3.8, 4) is 0 Å². The summed E-state index contributed by atoms with van der Waals surface area (Å²) < 4.78 is 0. The van der Waals surface area contributed by atoms with Crippen LogP contribution in [0.4, 0.5) is 10.5 Å². The topological polar surface area (TPSA) is 49.4 Å². The Morgan fingerprint density at radius 3 is 2.26 bits per heavy atom. The number of carbonyl (C=O) groups excluding carboxylic acids is 2. The highest BCUT2D eigenvalue weighted by Gasteiger charge is 2.24. The van der Waals surface area contributed by atoms with Gasteiger partial charge in [0.1, 0.15) is 0 Å². The van der Waals surface area contributed by atoms with E-state index in [2.05, 4.69) is 5.32 Å². The van der Waals surface area contributed by atoms with Crippen LogP contribution in [0, 0.1) is 5.92 Å². The number of benzene rings is 1. The third kappa shape index (κ3) is 4.73. The molecule has 0 fully saturated rings. The fourth-order valence-corrected chi connectivity index (χ4v) is 1.92. The number of para-hydroxylation sites is 1. The molecule has 0 radical (unpaired) electrons. The third-order valence-electron chi connectivity index (χ3n) is 2.98. The molecule has 1 atom stereocenters. The minimum atomic E-state index is -0.372. The zero-order valence-corrected chi connectivity index (χ0v) is 12.0. The summed E-state index contributed by atoms with van der Waals surface area (Å²) in [4.78, 5) is 25.2. The number of hydrogen-bond donors (Lipinski definition) is 1. The number of nitrogens with one attached hydrogen (secondary N) is 1. The molecule has 0 heterocycles. The van der Waals surface area contributed by atoms with Crippen LogP contribution in [-0.2, 0) is 4.79 Å². The number of amides is 2. The van der Waals surface area contributed by atoms with Crippen LogP contribution in [0.25, 0.3) is 0 Å². The van der Waals surface area contributed by atoms with E-state index in [0.717, 1.165) is 5.69 Å². The Hall–Kier alpha value is -1.84. The summed E-state index contributed by atoms with van der Waals surface area (Å²) >= 11 is 0. The van der Waals surface area contributed by atoms with E-state index in [0.29, 0.717) is 12.3 Å². The number of likely N-dealkylation sites (N-methyl/N-ethyl adjacent to an activating group) is 1. The number of Topliss-reactive ketones (excluding diaryl/α,β-unsaturated/α-hetero) is 1. The number of ketones is 1. The summed E-state index contributed by atoms with van der Waals surface area (Å²) in [7, 11) is 1.66. The summed E-state index contributed by atoms with van der Waals surface area (Å²) in [5.74, 6) is 0.375. The van der Waals surface area contributed by atoms with Crippen molar-refractivity contribution in [2.45, 2.75) is 33.2 Å². The molecule has 4 heteroatoms. The van der Waals surface area contributed by atoms with Crippen molar-refractivity contribution in [2.75, 3.05) is 12.4 Å². The van der Waals surface area contributed by atoms with E-state index < -0.39 is 0 Å². The summed E-state index contributed by atoms with van der Waals surface area (Å²) in [6, 6.07) is 8.60. The first kappa shape index (κ1) is 15.2. The summed E-state index contributed by atoms with van der Waals surface area (Å²) in [6.07, 6.45) is 0.675. The molecule has 1 aromatic rings. The van der Waals surface area contributed by atoms with E-state index in [1.54, 1.807) is 7.05 Å². The molecule has 0 aromatic heterocycles. The average molecular weight is 262 g/mol. The van der Waals surface area contributed by atoms with Crippen molar-refractivity contribution < 1.29 is 9.59 Å². The SMILES string of the molecule is CC(=O)[C@@H](CC(C)C)N(C)C(=O)Nc1ccccc1. The van der Waals surface area contributed by atoms with Crippen LogP contribution in [0.3, 0.4) is 0 Å². The van der Waals surface area contributed by atoms with Gasteiger partial charge in [-0.15, -0.1) is 0 Å². The molecular weight excluding hydrogens is 240 g/mol. The lowest BCUT2D eigenvalue weighted by molar-refractivity contribution is -0.121. The van der Waals surface area contributed by atoms with Crippen LogP contribution in [0.2, 0.25) is 0 Å². The molecule has 0 saturated carbocycles. The molecule has 104 valence electrons. The molecule has 0 aliphatic carbocycles. The molecule has 0 unspecified atom stereocenters. The molecular formula is C15H22N2O2. The Bertz CT molecular complexity index is 429. The molecule has 4 nitrogen and oxygen atoms in total. The minimum Gasteiger partial charge on any atom is -0.318 e. The normalized spacial score (nSPS) is 12.1. The van der Waals surface area contributed by atoms with Gasteiger partial charge in [0.25, 0.3) is 0 Å². The molecule has 19 heavy (non-hydrogen) atoms. The van der Waals surface area contributed by atoms with Crippen LogP contribution >= 0.6 is 0 Å². The van der Waals surface area contributed by atoms with Crippen molar-refractivity contribution in [3.05, 3.63) is 30.3 Å². The molecule has 0 bridgehead atoms. The predicted molar refractivity (Wildman–Crippen MR) is 77.1 cm³/mol. The molecule has 1 aromatic carbocycles. The number of hydrogen-bond acceptors (Lipinski definition) is 2. The van der Waals surface area contributed by atoms with E-state index in [1.165, 1.54) is 11.8 Å². The summed E-state index contributed by atoms with van der Waals surface area (Å²) in [5, 5.41) is 2.79. The first-order chi connectivity index (χ1) is 8.91. The first-order valence-corrected chi connectivity index (χ1v) is 6.51. The quantitative estimate of drug-likeness (QED) is 0.886. The van der Waals surface area contributed by atoms with Crippen LogP contribution < -0.4 is 5.32 Å². The monoisotopic (exact) mass is 262 g/mol. The fourth-order valence-electron chi connectivity index (χ4n) is 1.92. The van der Waals surface area contributed by atoms with Gasteiger partial charge in [-0.05, 0) is 31.4 Å². The number of carbonyl (C=O) groups is 2. The molecule has 1 rings (SSSR count). The number of urea groups is 1. The van der Waals surface area contributed by atoms with Crippen LogP contribution in [-0.4, -0.2) is 29.8 Å². The van der Waals surface area contributed by atoms with Gasteiger partial charge in [-0.3, -0.25) is 4.79 Å². The second-order valence-electron chi connectivity index (χ2n) is 5.16. The average Bonchev–Trinajstić information content (AvgIpc) is 2.35.